The number of carbonyl (C=O) groups excluding carboxylic acids is 1. The van der Waals surface area contributed by atoms with Gasteiger partial charge in [-0.2, -0.15) is 0 Å². The first-order chi connectivity index (χ1) is 9.13. The van der Waals surface area contributed by atoms with Crippen molar-refractivity contribution in [2.24, 2.45) is 5.92 Å². The van der Waals surface area contributed by atoms with Gasteiger partial charge in [0.2, 0.25) is 5.91 Å². The minimum atomic E-state index is 0.0692. The summed E-state index contributed by atoms with van der Waals surface area (Å²) < 4.78 is 1.06. The average Bonchev–Trinajstić information content (AvgIpc) is 3.01. The third-order valence-electron chi connectivity index (χ3n) is 4.37. The SMILES string of the molecule is C[C@H](NC(=O)C1CC2CCC1N2)c1ccc(Br)cc1. The van der Waals surface area contributed by atoms with E-state index < -0.39 is 0 Å². The first kappa shape index (κ1) is 13.1. The summed E-state index contributed by atoms with van der Waals surface area (Å²) in [4.78, 5) is 12.3. The van der Waals surface area contributed by atoms with Gasteiger partial charge in [-0.3, -0.25) is 4.79 Å². The number of hydrogen-bond acceptors (Lipinski definition) is 2. The van der Waals surface area contributed by atoms with E-state index in [4.69, 9.17) is 0 Å². The number of fused-ring (bicyclic) bond motifs is 2. The van der Waals surface area contributed by atoms with Crippen molar-refractivity contribution in [2.45, 2.75) is 44.3 Å². The second-order valence-electron chi connectivity index (χ2n) is 5.67. The molecule has 2 bridgehead atoms. The van der Waals surface area contributed by atoms with E-state index in [0.29, 0.717) is 12.1 Å². The average molecular weight is 323 g/mol. The molecule has 4 atom stereocenters. The van der Waals surface area contributed by atoms with Gasteiger partial charge in [-0.25, -0.2) is 0 Å². The van der Waals surface area contributed by atoms with Crippen molar-refractivity contribution in [3.05, 3.63) is 34.3 Å². The van der Waals surface area contributed by atoms with E-state index in [-0.39, 0.29) is 17.9 Å². The minimum Gasteiger partial charge on any atom is -0.349 e. The van der Waals surface area contributed by atoms with Crippen molar-refractivity contribution >= 4 is 21.8 Å². The van der Waals surface area contributed by atoms with Crippen LogP contribution in [0.25, 0.3) is 0 Å². The molecule has 1 amide bonds. The quantitative estimate of drug-likeness (QED) is 0.898. The molecule has 0 saturated carbocycles. The van der Waals surface area contributed by atoms with Gasteiger partial charge < -0.3 is 10.6 Å². The molecule has 0 aromatic heterocycles. The normalized spacial score (nSPS) is 30.3. The molecule has 2 aliphatic rings. The molecule has 4 heteroatoms. The monoisotopic (exact) mass is 322 g/mol. The summed E-state index contributed by atoms with van der Waals surface area (Å²) in [6.45, 7) is 2.04. The lowest BCUT2D eigenvalue weighted by atomic mass is 9.88. The van der Waals surface area contributed by atoms with Gasteiger partial charge in [-0.15, -0.1) is 0 Å². The van der Waals surface area contributed by atoms with E-state index in [1.165, 1.54) is 6.42 Å². The number of halogens is 1. The van der Waals surface area contributed by atoms with Crippen LogP contribution in [0, 0.1) is 5.92 Å². The smallest absolute Gasteiger partial charge is 0.225 e. The molecule has 19 heavy (non-hydrogen) atoms. The van der Waals surface area contributed by atoms with Crippen LogP contribution in [0.5, 0.6) is 0 Å². The molecule has 2 N–H and O–H groups in total. The highest BCUT2D eigenvalue weighted by molar-refractivity contribution is 9.10. The topological polar surface area (TPSA) is 41.1 Å². The van der Waals surface area contributed by atoms with E-state index in [0.717, 1.165) is 22.9 Å². The summed E-state index contributed by atoms with van der Waals surface area (Å²) in [5, 5.41) is 6.66. The highest BCUT2D eigenvalue weighted by atomic mass is 79.9. The molecule has 2 saturated heterocycles. The Morgan fingerprint density at radius 2 is 2.11 bits per heavy atom. The molecule has 2 heterocycles. The van der Waals surface area contributed by atoms with Crippen LogP contribution in [0.15, 0.2) is 28.7 Å². The van der Waals surface area contributed by atoms with E-state index in [9.17, 15) is 4.79 Å². The molecule has 1 aromatic rings. The fourth-order valence-electron chi connectivity index (χ4n) is 3.27. The van der Waals surface area contributed by atoms with Crippen molar-refractivity contribution in [1.82, 2.24) is 10.6 Å². The summed E-state index contributed by atoms with van der Waals surface area (Å²) in [6, 6.07) is 9.17. The lowest BCUT2D eigenvalue weighted by Crippen LogP contribution is -2.38. The van der Waals surface area contributed by atoms with Gasteiger partial charge in [0.05, 0.1) is 12.0 Å². The molecule has 3 rings (SSSR count). The molecule has 1 aromatic carbocycles. The first-order valence-corrected chi connectivity index (χ1v) is 7.74. The van der Waals surface area contributed by atoms with Crippen LogP contribution in [0.4, 0.5) is 0 Å². The van der Waals surface area contributed by atoms with E-state index in [1.54, 1.807) is 0 Å². The maximum Gasteiger partial charge on any atom is 0.225 e. The van der Waals surface area contributed by atoms with Crippen LogP contribution in [-0.4, -0.2) is 18.0 Å². The van der Waals surface area contributed by atoms with Crippen LogP contribution < -0.4 is 10.6 Å². The fraction of sp³-hybridized carbons (Fsp3) is 0.533. The molecule has 0 radical (unpaired) electrons. The Labute approximate surface area is 122 Å². The molecule has 2 aliphatic heterocycles. The summed E-state index contributed by atoms with van der Waals surface area (Å²) in [5.74, 6) is 0.367. The van der Waals surface area contributed by atoms with E-state index in [1.807, 2.05) is 31.2 Å². The Balaban J connectivity index is 1.61. The number of amides is 1. The highest BCUT2D eigenvalue weighted by Crippen LogP contribution is 2.33. The van der Waals surface area contributed by atoms with Crippen LogP contribution in [0.3, 0.4) is 0 Å². The summed E-state index contributed by atoms with van der Waals surface area (Å²) in [6.07, 6.45) is 3.38. The number of hydrogen-bond donors (Lipinski definition) is 2. The highest BCUT2D eigenvalue weighted by Gasteiger charge is 2.42. The van der Waals surface area contributed by atoms with Gasteiger partial charge >= 0.3 is 0 Å². The Hall–Kier alpha value is -0.870. The predicted octanol–water partition coefficient (Wildman–Crippen LogP) is 2.77. The summed E-state index contributed by atoms with van der Waals surface area (Å²) >= 11 is 3.43. The summed E-state index contributed by atoms with van der Waals surface area (Å²) in [7, 11) is 0. The number of nitrogens with one attached hydrogen (secondary N) is 2. The Morgan fingerprint density at radius 3 is 2.68 bits per heavy atom. The van der Waals surface area contributed by atoms with Crippen LogP contribution in [-0.2, 0) is 4.79 Å². The molecule has 0 aliphatic carbocycles. The van der Waals surface area contributed by atoms with Crippen molar-refractivity contribution in [3.63, 3.8) is 0 Å². The number of benzene rings is 1. The van der Waals surface area contributed by atoms with Gasteiger partial charge in [0.25, 0.3) is 0 Å². The standard InChI is InChI=1S/C15H19BrN2O/c1-9(10-2-4-11(16)5-3-10)17-15(19)13-8-12-6-7-14(13)18-12/h2-5,9,12-14,18H,6-8H2,1H3,(H,17,19)/t9-,12?,13?,14?/m0/s1. The minimum absolute atomic E-state index is 0.0692. The molecule has 3 unspecified atom stereocenters. The van der Waals surface area contributed by atoms with E-state index >= 15 is 0 Å². The van der Waals surface area contributed by atoms with Crippen LogP contribution >= 0.6 is 15.9 Å². The van der Waals surface area contributed by atoms with Gasteiger partial charge in [-0.1, -0.05) is 28.1 Å². The molecular weight excluding hydrogens is 304 g/mol. The van der Waals surface area contributed by atoms with Gasteiger partial charge in [0, 0.05) is 16.6 Å². The largest absolute Gasteiger partial charge is 0.349 e. The fourth-order valence-corrected chi connectivity index (χ4v) is 3.53. The molecule has 102 valence electrons. The third kappa shape index (κ3) is 2.70. The molecule has 0 spiro atoms. The zero-order chi connectivity index (χ0) is 13.4. The second kappa shape index (κ2) is 5.25. The van der Waals surface area contributed by atoms with Gasteiger partial charge in [-0.05, 0) is 43.9 Å². The maximum absolute atomic E-state index is 12.3. The zero-order valence-corrected chi connectivity index (χ0v) is 12.6. The lowest BCUT2D eigenvalue weighted by Gasteiger charge is -2.22. The van der Waals surface area contributed by atoms with E-state index in [2.05, 4.69) is 26.6 Å². The Morgan fingerprint density at radius 1 is 1.37 bits per heavy atom. The molecule has 2 fully saturated rings. The maximum atomic E-state index is 12.3. The third-order valence-corrected chi connectivity index (χ3v) is 4.89. The van der Waals surface area contributed by atoms with Crippen LogP contribution in [0.1, 0.15) is 37.8 Å². The molecule has 3 nitrogen and oxygen atoms in total. The second-order valence-corrected chi connectivity index (χ2v) is 6.59. The van der Waals surface area contributed by atoms with Gasteiger partial charge in [0.15, 0.2) is 0 Å². The Kier molecular flexibility index (Phi) is 3.63. The lowest BCUT2D eigenvalue weighted by molar-refractivity contribution is -0.126. The number of rotatable bonds is 3. The van der Waals surface area contributed by atoms with Gasteiger partial charge in [0.1, 0.15) is 0 Å². The summed E-state index contributed by atoms with van der Waals surface area (Å²) in [5.41, 5.74) is 1.15. The van der Waals surface area contributed by atoms with Crippen LogP contribution in [0.2, 0.25) is 0 Å². The van der Waals surface area contributed by atoms with Crippen molar-refractivity contribution in [2.75, 3.05) is 0 Å². The van der Waals surface area contributed by atoms with Crippen molar-refractivity contribution in [1.29, 1.82) is 0 Å². The van der Waals surface area contributed by atoms with Crippen molar-refractivity contribution < 1.29 is 4.79 Å². The molecular formula is C15H19BrN2O. The predicted molar refractivity (Wildman–Crippen MR) is 78.8 cm³/mol. The first-order valence-electron chi connectivity index (χ1n) is 6.95. The zero-order valence-electron chi connectivity index (χ0n) is 11.0. The van der Waals surface area contributed by atoms with Crippen molar-refractivity contribution in [3.8, 4) is 0 Å². The Bertz CT molecular complexity index is 474. The number of carbonyl (C=O) groups is 1.